The van der Waals surface area contributed by atoms with Gasteiger partial charge in [0.2, 0.25) is 0 Å². The van der Waals surface area contributed by atoms with Crippen molar-refractivity contribution in [1.29, 1.82) is 0 Å². The van der Waals surface area contributed by atoms with E-state index in [2.05, 4.69) is 11.8 Å². The van der Waals surface area contributed by atoms with Gasteiger partial charge in [-0.3, -0.25) is 14.5 Å². The largest absolute Gasteiger partial charge is 0.483 e. The number of halogens is 1. The van der Waals surface area contributed by atoms with Gasteiger partial charge in [0.15, 0.2) is 12.4 Å². The van der Waals surface area contributed by atoms with Crippen LogP contribution in [0.5, 0.6) is 5.75 Å². The predicted molar refractivity (Wildman–Crippen MR) is 138 cm³/mol. The Balaban J connectivity index is 1.32. The molecule has 4 rings (SSSR count). The second kappa shape index (κ2) is 12.0. The van der Waals surface area contributed by atoms with Gasteiger partial charge < -0.3 is 9.64 Å². The zero-order valence-electron chi connectivity index (χ0n) is 20.9. The fourth-order valence-corrected chi connectivity index (χ4v) is 4.67. The topological polar surface area (TPSA) is 49.9 Å². The summed E-state index contributed by atoms with van der Waals surface area (Å²) in [4.78, 5) is 30.1. The lowest BCUT2D eigenvalue weighted by molar-refractivity contribution is -0.139. The number of nitrogens with zero attached hydrogens (tertiary/aromatic N) is 2. The summed E-state index contributed by atoms with van der Waals surface area (Å²) in [5.41, 5.74) is 2.67. The second-order valence-electron chi connectivity index (χ2n) is 9.49. The van der Waals surface area contributed by atoms with Crippen LogP contribution in [0.2, 0.25) is 0 Å². The number of carbonyl (C=O) groups excluding carboxylic acids is 2. The fourth-order valence-electron chi connectivity index (χ4n) is 4.67. The zero-order chi connectivity index (χ0) is 25.5. The number of ether oxygens (including phenoxy) is 1. The summed E-state index contributed by atoms with van der Waals surface area (Å²) in [6, 6.07) is 23.8. The van der Waals surface area contributed by atoms with Crippen LogP contribution in [-0.4, -0.2) is 53.3 Å². The third-order valence-corrected chi connectivity index (χ3v) is 6.76. The van der Waals surface area contributed by atoms with Crippen LogP contribution in [0.3, 0.4) is 0 Å². The van der Waals surface area contributed by atoms with Crippen LogP contribution in [0, 0.1) is 5.82 Å². The Hall–Kier alpha value is -3.51. The molecule has 0 unspecified atom stereocenters. The van der Waals surface area contributed by atoms with Gasteiger partial charge in [0, 0.05) is 38.1 Å². The molecule has 3 aromatic rings. The maximum Gasteiger partial charge on any atom is 0.260 e. The Kier molecular flexibility index (Phi) is 8.49. The summed E-state index contributed by atoms with van der Waals surface area (Å²) in [5.74, 6) is 0.107. The quantitative estimate of drug-likeness (QED) is 0.391. The van der Waals surface area contributed by atoms with Crippen LogP contribution >= 0.6 is 0 Å². The maximum atomic E-state index is 13.2. The maximum absolute atomic E-state index is 13.2. The van der Waals surface area contributed by atoms with Gasteiger partial charge in [-0.15, -0.1) is 0 Å². The number of Topliss-reactive ketones (excluding diaryl/α,β-unsaturated/α-hetero) is 1. The molecule has 0 aromatic heterocycles. The lowest BCUT2D eigenvalue weighted by Gasteiger charge is -2.44. The van der Waals surface area contributed by atoms with E-state index in [0.29, 0.717) is 37.2 Å². The molecule has 1 amide bonds. The lowest BCUT2D eigenvalue weighted by Crippen LogP contribution is -2.58. The van der Waals surface area contributed by atoms with Crippen LogP contribution in [0.4, 0.5) is 4.39 Å². The first-order valence-corrected chi connectivity index (χ1v) is 12.5. The molecule has 0 saturated carbocycles. The SMILES string of the molecule is C[C@@H]1CN(Cc2ccc(F)cc2)[C@@H](C)CN1C(=O)COc1ccccc1C(=O)CCc1ccccc1. The van der Waals surface area contributed by atoms with Gasteiger partial charge >= 0.3 is 0 Å². The van der Waals surface area contributed by atoms with Crippen molar-refractivity contribution in [2.24, 2.45) is 0 Å². The molecule has 2 atom stereocenters. The minimum atomic E-state index is -0.241. The van der Waals surface area contributed by atoms with E-state index < -0.39 is 0 Å². The molecule has 0 spiro atoms. The molecular weight excluding hydrogens is 455 g/mol. The molecule has 36 heavy (non-hydrogen) atoms. The molecule has 6 heteroatoms. The van der Waals surface area contributed by atoms with E-state index in [4.69, 9.17) is 4.74 Å². The molecule has 1 aliphatic heterocycles. The van der Waals surface area contributed by atoms with E-state index >= 15 is 0 Å². The Morgan fingerprint density at radius 3 is 2.31 bits per heavy atom. The molecule has 0 N–H and O–H groups in total. The number of aryl methyl sites for hydroxylation is 1. The highest BCUT2D eigenvalue weighted by Crippen LogP contribution is 2.22. The first kappa shape index (κ1) is 25.6. The number of carbonyl (C=O) groups is 2. The van der Waals surface area contributed by atoms with Crippen molar-refractivity contribution >= 4 is 11.7 Å². The summed E-state index contributed by atoms with van der Waals surface area (Å²) in [7, 11) is 0. The van der Waals surface area contributed by atoms with Gasteiger partial charge in [0.1, 0.15) is 11.6 Å². The summed E-state index contributed by atoms with van der Waals surface area (Å²) < 4.78 is 19.1. The first-order chi connectivity index (χ1) is 17.4. The molecule has 1 heterocycles. The van der Waals surface area contributed by atoms with Crippen LogP contribution < -0.4 is 4.74 Å². The molecular formula is C30H33FN2O3. The number of piperazine rings is 1. The monoisotopic (exact) mass is 488 g/mol. The van der Waals surface area contributed by atoms with Gasteiger partial charge in [-0.25, -0.2) is 4.39 Å². The van der Waals surface area contributed by atoms with E-state index in [9.17, 15) is 14.0 Å². The van der Waals surface area contributed by atoms with Gasteiger partial charge in [0.25, 0.3) is 5.91 Å². The van der Waals surface area contributed by atoms with Crippen molar-refractivity contribution in [2.75, 3.05) is 19.7 Å². The van der Waals surface area contributed by atoms with Crippen LogP contribution in [0.25, 0.3) is 0 Å². The average Bonchev–Trinajstić information content (AvgIpc) is 2.90. The standard InChI is InChI=1S/C30H33FN2O3/c1-22-19-33(23(2)18-32(22)20-25-12-15-26(31)16-13-25)30(35)21-36-29-11-7-6-10-27(29)28(34)17-14-24-8-4-3-5-9-24/h3-13,15-16,22-23H,14,17-21H2,1-2H3/t22-,23+/m0/s1. The average molecular weight is 489 g/mol. The molecule has 1 saturated heterocycles. The van der Waals surface area contributed by atoms with E-state index in [1.54, 1.807) is 24.3 Å². The Morgan fingerprint density at radius 2 is 1.56 bits per heavy atom. The molecule has 1 fully saturated rings. The number of benzene rings is 3. The summed E-state index contributed by atoms with van der Waals surface area (Å²) in [6.07, 6.45) is 1.04. The van der Waals surface area contributed by atoms with E-state index in [0.717, 1.165) is 17.7 Å². The fraction of sp³-hybridized carbons (Fsp3) is 0.333. The number of hydrogen-bond acceptors (Lipinski definition) is 4. The van der Waals surface area contributed by atoms with E-state index in [-0.39, 0.29) is 36.2 Å². The highest BCUT2D eigenvalue weighted by molar-refractivity contribution is 5.98. The number of para-hydroxylation sites is 1. The molecule has 1 aliphatic rings. The predicted octanol–water partition coefficient (Wildman–Crippen LogP) is 5.14. The van der Waals surface area contributed by atoms with Crippen molar-refractivity contribution in [2.45, 2.75) is 45.3 Å². The summed E-state index contributed by atoms with van der Waals surface area (Å²) in [6.45, 7) is 6.03. The van der Waals surface area contributed by atoms with Gasteiger partial charge in [0.05, 0.1) is 5.56 Å². The molecule has 5 nitrogen and oxygen atoms in total. The molecule has 188 valence electrons. The molecule has 3 aromatic carbocycles. The van der Waals surface area contributed by atoms with E-state index in [1.807, 2.05) is 54.3 Å². The van der Waals surface area contributed by atoms with Crippen molar-refractivity contribution in [3.8, 4) is 5.75 Å². The van der Waals surface area contributed by atoms with Crippen molar-refractivity contribution in [1.82, 2.24) is 9.80 Å². The second-order valence-corrected chi connectivity index (χ2v) is 9.49. The number of amides is 1. The lowest BCUT2D eigenvalue weighted by atomic mass is 10.0. The summed E-state index contributed by atoms with van der Waals surface area (Å²) >= 11 is 0. The van der Waals surface area contributed by atoms with Crippen LogP contribution in [0.1, 0.15) is 41.8 Å². The first-order valence-electron chi connectivity index (χ1n) is 12.5. The minimum Gasteiger partial charge on any atom is -0.483 e. The van der Waals surface area contributed by atoms with E-state index in [1.165, 1.54) is 12.1 Å². The number of hydrogen-bond donors (Lipinski definition) is 0. The number of ketones is 1. The van der Waals surface area contributed by atoms with Crippen molar-refractivity contribution in [3.05, 3.63) is 101 Å². The van der Waals surface area contributed by atoms with Gasteiger partial charge in [-0.1, -0.05) is 54.6 Å². The Bertz CT molecular complexity index is 1170. The Labute approximate surface area is 212 Å². The van der Waals surface area contributed by atoms with Crippen molar-refractivity contribution in [3.63, 3.8) is 0 Å². The Morgan fingerprint density at radius 1 is 0.861 bits per heavy atom. The molecule has 0 bridgehead atoms. The highest BCUT2D eigenvalue weighted by atomic mass is 19.1. The van der Waals surface area contributed by atoms with Crippen molar-refractivity contribution < 1.29 is 18.7 Å². The van der Waals surface area contributed by atoms with Gasteiger partial charge in [-0.05, 0) is 55.7 Å². The normalized spacial score (nSPS) is 18.1. The third-order valence-electron chi connectivity index (χ3n) is 6.76. The minimum absolute atomic E-state index is 0.00157. The zero-order valence-corrected chi connectivity index (χ0v) is 20.9. The van der Waals surface area contributed by atoms with Crippen LogP contribution in [-0.2, 0) is 17.8 Å². The number of rotatable bonds is 9. The smallest absolute Gasteiger partial charge is 0.260 e. The molecule has 0 aliphatic carbocycles. The molecule has 0 radical (unpaired) electrons. The third kappa shape index (κ3) is 6.58. The van der Waals surface area contributed by atoms with Crippen LogP contribution in [0.15, 0.2) is 78.9 Å². The highest BCUT2D eigenvalue weighted by Gasteiger charge is 2.32. The summed E-state index contributed by atoms with van der Waals surface area (Å²) in [5, 5.41) is 0. The van der Waals surface area contributed by atoms with Gasteiger partial charge in [-0.2, -0.15) is 0 Å².